The first-order valence-corrected chi connectivity index (χ1v) is 11.8. The second-order valence-corrected chi connectivity index (χ2v) is 8.96. The van der Waals surface area contributed by atoms with Crippen LogP contribution in [0.5, 0.6) is 0 Å². The van der Waals surface area contributed by atoms with Gasteiger partial charge in [-0.05, 0) is 37.1 Å². The zero-order valence-corrected chi connectivity index (χ0v) is 19.1. The highest BCUT2D eigenvalue weighted by Crippen LogP contribution is 2.13. The number of β-amino-alcohol motifs (C(OH)–C–C–N with tert-alkyl or cyclic N) is 1. The molecule has 8 heteroatoms. The molecule has 2 aromatic heterocycles. The van der Waals surface area contributed by atoms with E-state index in [2.05, 4.69) is 9.88 Å². The Morgan fingerprint density at radius 1 is 0.824 bits per heavy atom. The van der Waals surface area contributed by atoms with Crippen LogP contribution in [0.4, 0.5) is 0 Å². The van der Waals surface area contributed by atoms with E-state index < -0.39 is 17.4 Å². The normalized spacial score (nSPS) is 15.2. The molecule has 1 aliphatic heterocycles. The van der Waals surface area contributed by atoms with Crippen molar-refractivity contribution in [1.82, 2.24) is 23.6 Å². The summed E-state index contributed by atoms with van der Waals surface area (Å²) in [5, 5.41) is 10.7. The Kier molecular flexibility index (Phi) is 6.42. The third-order valence-corrected chi connectivity index (χ3v) is 6.42. The first-order valence-electron chi connectivity index (χ1n) is 11.8. The first kappa shape index (κ1) is 22.3. The Morgan fingerprint density at radius 3 is 2.09 bits per heavy atom. The van der Waals surface area contributed by atoms with Gasteiger partial charge in [0.05, 0.1) is 25.5 Å². The number of fused-ring (bicyclic) bond motifs is 1. The lowest BCUT2D eigenvalue weighted by atomic mass is 10.2. The van der Waals surface area contributed by atoms with E-state index in [0.29, 0.717) is 30.8 Å². The molecule has 0 bridgehead atoms. The third kappa shape index (κ3) is 4.60. The van der Waals surface area contributed by atoms with Crippen LogP contribution in [0.3, 0.4) is 0 Å². The van der Waals surface area contributed by atoms with Crippen LogP contribution in [0.2, 0.25) is 0 Å². The highest BCUT2D eigenvalue weighted by atomic mass is 16.3. The molecule has 8 nitrogen and oxygen atoms in total. The van der Waals surface area contributed by atoms with Crippen molar-refractivity contribution in [2.75, 3.05) is 19.6 Å². The van der Waals surface area contributed by atoms with E-state index in [9.17, 15) is 14.7 Å². The van der Waals surface area contributed by atoms with Gasteiger partial charge in [-0.25, -0.2) is 9.78 Å². The van der Waals surface area contributed by atoms with Crippen molar-refractivity contribution in [3.8, 4) is 0 Å². The zero-order valence-electron chi connectivity index (χ0n) is 19.1. The minimum absolute atomic E-state index is 0.0462. The molecule has 2 aromatic carbocycles. The highest BCUT2D eigenvalue weighted by molar-refractivity contribution is 5.70. The molecule has 0 radical (unpaired) electrons. The lowest BCUT2D eigenvalue weighted by molar-refractivity contribution is 0.106. The van der Waals surface area contributed by atoms with Crippen molar-refractivity contribution in [1.29, 1.82) is 0 Å². The van der Waals surface area contributed by atoms with Gasteiger partial charge in [0, 0.05) is 13.1 Å². The van der Waals surface area contributed by atoms with E-state index in [0.717, 1.165) is 37.1 Å². The smallest absolute Gasteiger partial charge is 0.333 e. The minimum Gasteiger partial charge on any atom is -0.390 e. The summed E-state index contributed by atoms with van der Waals surface area (Å²) in [4.78, 5) is 33.7. The Labute approximate surface area is 197 Å². The van der Waals surface area contributed by atoms with Gasteiger partial charge >= 0.3 is 5.69 Å². The summed E-state index contributed by atoms with van der Waals surface area (Å²) >= 11 is 0. The summed E-state index contributed by atoms with van der Waals surface area (Å²) in [6.07, 6.45) is 3.03. The number of aromatic nitrogens is 4. The second-order valence-electron chi connectivity index (χ2n) is 8.96. The van der Waals surface area contributed by atoms with E-state index in [1.165, 1.54) is 9.13 Å². The minimum atomic E-state index is -0.809. The van der Waals surface area contributed by atoms with Crippen molar-refractivity contribution >= 4 is 11.2 Å². The Morgan fingerprint density at radius 2 is 1.44 bits per heavy atom. The third-order valence-electron chi connectivity index (χ3n) is 6.42. The predicted molar refractivity (Wildman–Crippen MR) is 131 cm³/mol. The van der Waals surface area contributed by atoms with Gasteiger partial charge in [0.1, 0.15) is 0 Å². The Hall–Kier alpha value is -3.49. The van der Waals surface area contributed by atoms with Crippen LogP contribution < -0.4 is 11.2 Å². The first-order chi connectivity index (χ1) is 16.6. The van der Waals surface area contributed by atoms with Gasteiger partial charge in [0.15, 0.2) is 11.2 Å². The van der Waals surface area contributed by atoms with Crippen molar-refractivity contribution in [2.45, 2.75) is 38.6 Å². The van der Waals surface area contributed by atoms with Crippen LogP contribution in [-0.2, 0) is 19.6 Å². The molecule has 34 heavy (non-hydrogen) atoms. The van der Waals surface area contributed by atoms with Gasteiger partial charge in [0.2, 0.25) is 0 Å². The monoisotopic (exact) mass is 459 g/mol. The van der Waals surface area contributed by atoms with Crippen LogP contribution in [-0.4, -0.2) is 54.4 Å². The molecule has 1 fully saturated rings. The summed E-state index contributed by atoms with van der Waals surface area (Å²) in [6, 6.07) is 19.5. The molecule has 1 N–H and O–H groups in total. The van der Waals surface area contributed by atoms with Gasteiger partial charge < -0.3 is 14.6 Å². The average molecular weight is 460 g/mol. The maximum Gasteiger partial charge on any atom is 0.333 e. The Balaban J connectivity index is 1.58. The standard InChI is InChI=1S/C26H29N5O3/c32-22(17-28-13-7-8-14-28)18-31-25(33)23-24(27-19-29(23)15-20-9-3-1-4-10-20)30(26(31)34)16-21-11-5-2-6-12-21/h1-6,9-12,19,22,32H,7-8,13-18H2/t22-/m1/s1. The number of aliphatic hydroxyl groups excluding tert-OH is 1. The fourth-order valence-corrected chi connectivity index (χ4v) is 4.74. The van der Waals surface area contributed by atoms with E-state index in [1.54, 1.807) is 10.9 Å². The quantitative estimate of drug-likeness (QED) is 0.435. The number of hydrogen-bond acceptors (Lipinski definition) is 5. The van der Waals surface area contributed by atoms with Crippen molar-refractivity contribution in [3.63, 3.8) is 0 Å². The molecule has 176 valence electrons. The number of likely N-dealkylation sites (tertiary alicyclic amines) is 1. The molecule has 5 rings (SSSR count). The van der Waals surface area contributed by atoms with Gasteiger partial charge in [-0.15, -0.1) is 0 Å². The fourth-order valence-electron chi connectivity index (χ4n) is 4.74. The Bertz CT molecular complexity index is 1370. The van der Waals surface area contributed by atoms with Crippen LogP contribution in [0, 0.1) is 0 Å². The molecular formula is C26H29N5O3. The maximum absolute atomic E-state index is 13.6. The summed E-state index contributed by atoms with van der Waals surface area (Å²) in [5.41, 5.74) is 1.83. The molecule has 0 unspecified atom stereocenters. The lowest BCUT2D eigenvalue weighted by Gasteiger charge is -2.20. The topological polar surface area (TPSA) is 85.3 Å². The number of nitrogens with zero attached hydrogens (tertiary/aromatic N) is 5. The molecule has 0 aliphatic carbocycles. The van der Waals surface area contributed by atoms with E-state index in [1.807, 2.05) is 60.7 Å². The molecule has 3 heterocycles. The van der Waals surface area contributed by atoms with Crippen LogP contribution >= 0.6 is 0 Å². The fraction of sp³-hybridized carbons (Fsp3) is 0.346. The SMILES string of the molecule is O=c1c2c(ncn2Cc2ccccc2)n(Cc2ccccc2)c(=O)n1C[C@H](O)CN1CCCC1. The predicted octanol–water partition coefficient (Wildman–Crippen LogP) is 1.91. The zero-order chi connectivity index (χ0) is 23.5. The van der Waals surface area contributed by atoms with Gasteiger partial charge in [-0.3, -0.25) is 13.9 Å². The van der Waals surface area contributed by atoms with E-state index >= 15 is 0 Å². The van der Waals surface area contributed by atoms with Crippen molar-refractivity contribution in [2.24, 2.45) is 0 Å². The lowest BCUT2D eigenvalue weighted by Crippen LogP contribution is -2.45. The molecular weight excluding hydrogens is 430 g/mol. The molecule has 4 aromatic rings. The largest absolute Gasteiger partial charge is 0.390 e. The van der Waals surface area contributed by atoms with Gasteiger partial charge in [0.25, 0.3) is 5.56 Å². The second kappa shape index (κ2) is 9.79. The van der Waals surface area contributed by atoms with Gasteiger partial charge in [-0.2, -0.15) is 0 Å². The van der Waals surface area contributed by atoms with Crippen molar-refractivity contribution in [3.05, 3.63) is 99.0 Å². The molecule has 1 saturated heterocycles. The summed E-state index contributed by atoms with van der Waals surface area (Å²) < 4.78 is 4.50. The summed E-state index contributed by atoms with van der Waals surface area (Å²) in [5.74, 6) is 0. The van der Waals surface area contributed by atoms with E-state index in [4.69, 9.17) is 0 Å². The van der Waals surface area contributed by atoms with Crippen LogP contribution in [0.25, 0.3) is 11.2 Å². The number of hydrogen-bond donors (Lipinski definition) is 1. The number of aliphatic hydroxyl groups is 1. The maximum atomic E-state index is 13.6. The number of rotatable bonds is 8. The summed E-state index contributed by atoms with van der Waals surface area (Å²) in [6.45, 7) is 3.04. The van der Waals surface area contributed by atoms with Crippen LogP contribution in [0.1, 0.15) is 24.0 Å². The van der Waals surface area contributed by atoms with Gasteiger partial charge in [-0.1, -0.05) is 60.7 Å². The molecule has 0 saturated carbocycles. The number of benzene rings is 2. The highest BCUT2D eigenvalue weighted by Gasteiger charge is 2.22. The number of imidazole rings is 1. The molecule has 1 atom stereocenters. The summed E-state index contributed by atoms with van der Waals surface area (Å²) in [7, 11) is 0. The molecule has 0 amide bonds. The molecule has 1 aliphatic rings. The molecule has 0 spiro atoms. The van der Waals surface area contributed by atoms with E-state index in [-0.39, 0.29) is 6.54 Å². The van der Waals surface area contributed by atoms with Crippen LogP contribution in [0.15, 0.2) is 76.6 Å². The van der Waals surface area contributed by atoms with Crippen molar-refractivity contribution < 1.29 is 5.11 Å². The average Bonchev–Trinajstić information content (AvgIpc) is 3.51.